The van der Waals surface area contributed by atoms with Gasteiger partial charge in [0.15, 0.2) is 0 Å². The predicted molar refractivity (Wildman–Crippen MR) is 119 cm³/mol. The topological polar surface area (TPSA) is 45.6 Å². The van der Waals surface area contributed by atoms with Gasteiger partial charge in [0.05, 0.1) is 5.69 Å². The van der Waals surface area contributed by atoms with Gasteiger partial charge in [0, 0.05) is 44.6 Å². The van der Waals surface area contributed by atoms with Crippen LogP contribution in [-0.4, -0.2) is 47.3 Å². The van der Waals surface area contributed by atoms with Crippen LogP contribution in [0.4, 0.5) is 5.69 Å². The van der Waals surface area contributed by atoms with E-state index in [-0.39, 0.29) is 0 Å². The molecule has 30 heavy (non-hydrogen) atoms. The molecule has 0 N–H and O–H groups in total. The largest absolute Gasteiger partial charge is 0.368 e. The molecule has 0 radical (unpaired) electrons. The van der Waals surface area contributed by atoms with Gasteiger partial charge in [-0.1, -0.05) is 36.4 Å². The molecule has 3 aromatic rings. The Morgan fingerprint density at radius 1 is 0.833 bits per heavy atom. The van der Waals surface area contributed by atoms with E-state index in [9.17, 15) is 9.59 Å². The Bertz CT molecular complexity index is 1050. The summed E-state index contributed by atoms with van der Waals surface area (Å²) in [6, 6.07) is 20.0. The monoisotopic (exact) mass is 401 g/mol. The number of para-hydroxylation sites is 1. The highest BCUT2D eigenvalue weighted by Gasteiger charge is 2.28. The first kappa shape index (κ1) is 20.0. The fourth-order valence-electron chi connectivity index (χ4n) is 3.92. The molecule has 4 rings (SSSR count). The van der Waals surface area contributed by atoms with Crippen molar-refractivity contribution in [1.82, 2.24) is 9.47 Å². The molecule has 1 fully saturated rings. The van der Waals surface area contributed by atoms with Crippen LogP contribution in [0.1, 0.15) is 27.2 Å². The van der Waals surface area contributed by atoms with E-state index in [0.717, 1.165) is 24.3 Å². The summed E-state index contributed by atoms with van der Waals surface area (Å²) in [6.07, 6.45) is 1.86. The van der Waals surface area contributed by atoms with Crippen molar-refractivity contribution in [3.63, 3.8) is 0 Å². The highest BCUT2D eigenvalue weighted by atomic mass is 16.2. The molecule has 1 saturated heterocycles. The van der Waals surface area contributed by atoms with Gasteiger partial charge >= 0.3 is 0 Å². The fourth-order valence-corrected chi connectivity index (χ4v) is 3.92. The summed E-state index contributed by atoms with van der Waals surface area (Å²) in [6.45, 7) is 7.30. The number of anilines is 1. The van der Waals surface area contributed by atoms with Crippen molar-refractivity contribution in [1.29, 1.82) is 0 Å². The Morgan fingerprint density at radius 2 is 1.57 bits per heavy atom. The number of aromatic nitrogens is 1. The molecule has 0 unspecified atom stereocenters. The molecule has 1 aliphatic heterocycles. The summed E-state index contributed by atoms with van der Waals surface area (Å²) >= 11 is 0. The summed E-state index contributed by atoms with van der Waals surface area (Å²) in [7, 11) is 0. The normalized spacial score (nSPS) is 14.1. The third kappa shape index (κ3) is 4.15. The Labute approximate surface area is 177 Å². The van der Waals surface area contributed by atoms with Crippen molar-refractivity contribution >= 4 is 17.4 Å². The van der Waals surface area contributed by atoms with Gasteiger partial charge in [-0.2, -0.15) is 0 Å². The summed E-state index contributed by atoms with van der Waals surface area (Å²) < 4.78 is 1.87. The number of aryl methyl sites for hydroxylation is 2. The zero-order chi connectivity index (χ0) is 21.1. The molecule has 0 saturated carbocycles. The number of nitrogens with zero attached hydrogens (tertiary/aromatic N) is 3. The number of carbonyl (C=O) groups is 2. The molecule has 0 atom stereocenters. The zero-order valence-electron chi connectivity index (χ0n) is 17.5. The van der Waals surface area contributed by atoms with E-state index in [1.165, 1.54) is 11.1 Å². The summed E-state index contributed by atoms with van der Waals surface area (Å²) in [5.74, 6) is -0.847. The minimum Gasteiger partial charge on any atom is -0.368 e. The summed E-state index contributed by atoms with van der Waals surface area (Å²) in [5, 5.41) is 0. The lowest BCUT2D eigenvalue weighted by Gasteiger charge is -2.35. The van der Waals surface area contributed by atoms with Gasteiger partial charge in [0.1, 0.15) is 0 Å². The Balaban J connectivity index is 1.42. The average molecular weight is 402 g/mol. The second kappa shape index (κ2) is 8.57. The van der Waals surface area contributed by atoms with Crippen LogP contribution in [0.25, 0.3) is 0 Å². The van der Waals surface area contributed by atoms with Crippen molar-refractivity contribution in [3.8, 4) is 0 Å². The molecular formula is C25H27N3O2. The third-order valence-electron chi connectivity index (χ3n) is 5.87. The van der Waals surface area contributed by atoms with Crippen LogP contribution in [0.2, 0.25) is 0 Å². The van der Waals surface area contributed by atoms with Crippen LogP contribution < -0.4 is 4.90 Å². The number of benzene rings is 2. The molecule has 1 aromatic heterocycles. The molecule has 154 valence electrons. The van der Waals surface area contributed by atoms with Crippen molar-refractivity contribution in [3.05, 3.63) is 89.2 Å². The van der Waals surface area contributed by atoms with Gasteiger partial charge in [-0.3, -0.25) is 9.59 Å². The molecule has 2 heterocycles. The summed E-state index contributed by atoms with van der Waals surface area (Å²) in [5.41, 5.74) is 5.18. The minimum atomic E-state index is -0.433. The molecule has 5 nitrogen and oxygen atoms in total. The zero-order valence-corrected chi connectivity index (χ0v) is 17.5. The van der Waals surface area contributed by atoms with Crippen LogP contribution >= 0.6 is 0 Å². The van der Waals surface area contributed by atoms with Gasteiger partial charge in [-0.15, -0.1) is 0 Å². The standard InChI is InChI=1S/C25H27N3O2/c1-19-10-11-21(17-20(19)2)18-28-12-6-9-23(28)24(29)25(30)27-15-13-26(14-16-27)22-7-4-3-5-8-22/h3-12,17H,13-16,18H2,1-2H3. The first-order valence-electron chi connectivity index (χ1n) is 10.4. The molecule has 2 aromatic carbocycles. The van der Waals surface area contributed by atoms with Gasteiger partial charge in [-0.25, -0.2) is 0 Å². The van der Waals surface area contributed by atoms with Crippen LogP contribution in [0, 0.1) is 13.8 Å². The van der Waals surface area contributed by atoms with E-state index in [1.54, 1.807) is 11.0 Å². The highest BCUT2D eigenvalue weighted by Crippen LogP contribution is 2.17. The number of hydrogen-bond acceptors (Lipinski definition) is 3. The van der Waals surface area contributed by atoms with E-state index < -0.39 is 11.7 Å². The predicted octanol–water partition coefficient (Wildman–Crippen LogP) is 3.68. The van der Waals surface area contributed by atoms with E-state index in [4.69, 9.17) is 0 Å². The first-order chi connectivity index (χ1) is 14.5. The van der Waals surface area contributed by atoms with Crippen LogP contribution in [0.15, 0.2) is 66.9 Å². The second-order valence-corrected chi connectivity index (χ2v) is 7.88. The Kier molecular flexibility index (Phi) is 5.70. The minimum absolute atomic E-state index is 0.414. The number of amides is 1. The third-order valence-corrected chi connectivity index (χ3v) is 5.87. The quantitative estimate of drug-likeness (QED) is 0.484. The van der Waals surface area contributed by atoms with E-state index >= 15 is 0 Å². The number of rotatable bonds is 5. The Morgan fingerprint density at radius 3 is 2.27 bits per heavy atom. The smallest absolute Gasteiger partial charge is 0.296 e. The molecule has 0 bridgehead atoms. The van der Waals surface area contributed by atoms with Crippen molar-refractivity contribution in [2.24, 2.45) is 0 Å². The first-order valence-corrected chi connectivity index (χ1v) is 10.4. The molecule has 1 aliphatic rings. The number of hydrogen-bond donors (Lipinski definition) is 0. The second-order valence-electron chi connectivity index (χ2n) is 7.88. The van der Waals surface area contributed by atoms with Crippen LogP contribution in [0.3, 0.4) is 0 Å². The number of ketones is 1. The number of piperazine rings is 1. The highest BCUT2D eigenvalue weighted by molar-refractivity contribution is 6.42. The fraction of sp³-hybridized carbons (Fsp3) is 0.280. The van der Waals surface area contributed by atoms with Crippen molar-refractivity contribution < 1.29 is 9.59 Å². The van der Waals surface area contributed by atoms with E-state index in [2.05, 4.69) is 49.1 Å². The average Bonchev–Trinajstić information content (AvgIpc) is 3.24. The maximum absolute atomic E-state index is 13.0. The molecule has 1 amide bonds. The van der Waals surface area contributed by atoms with Crippen molar-refractivity contribution in [2.45, 2.75) is 20.4 Å². The molecule has 5 heteroatoms. The van der Waals surface area contributed by atoms with Crippen molar-refractivity contribution in [2.75, 3.05) is 31.1 Å². The van der Waals surface area contributed by atoms with Gasteiger partial charge in [0.2, 0.25) is 0 Å². The number of Topliss-reactive ketones (excluding diaryl/α,β-unsaturated/α-hetero) is 1. The van der Waals surface area contributed by atoms with Gasteiger partial charge < -0.3 is 14.4 Å². The maximum Gasteiger partial charge on any atom is 0.296 e. The van der Waals surface area contributed by atoms with Gasteiger partial charge in [-0.05, 0) is 54.8 Å². The van der Waals surface area contributed by atoms with E-state index in [0.29, 0.717) is 25.3 Å². The molecular weight excluding hydrogens is 374 g/mol. The SMILES string of the molecule is Cc1ccc(Cn2cccc2C(=O)C(=O)N2CCN(c3ccccc3)CC2)cc1C. The molecule has 0 spiro atoms. The lowest BCUT2D eigenvalue weighted by molar-refractivity contribution is -0.126. The van der Waals surface area contributed by atoms with Crippen LogP contribution in [-0.2, 0) is 11.3 Å². The number of carbonyl (C=O) groups excluding carboxylic acids is 2. The summed E-state index contributed by atoms with van der Waals surface area (Å²) in [4.78, 5) is 29.8. The lowest BCUT2D eigenvalue weighted by Crippen LogP contribution is -2.50. The maximum atomic E-state index is 13.0. The van der Waals surface area contributed by atoms with Gasteiger partial charge in [0.25, 0.3) is 11.7 Å². The van der Waals surface area contributed by atoms with E-state index in [1.807, 2.05) is 35.0 Å². The van der Waals surface area contributed by atoms with Crippen LogP contribution in [0.5, 0.6) is 0 Å². The Hall–Kier alpha value is -3.34. The lowest BCUT2D eigenvalue weighted by atomic mass is 10.1. The molecule has 0 aliphatic carbocycles.